The number of nitrogens with zero attached hydrogens (tertiary/aromatic N) is 1. The lowest BCUT2D eigenvalue weighted by Crippen LogP contribution is -2.35. The van der Waals surface area contributed by atoms with Crippen LogP contribution in [0.1, 0.15) is 65.3 Å². The van der Waals surface area contributed by atoms with Crippen molar-refractivity contribution in [3.8, 4) is 0 Å². The van der Waals surface area contributed by atoms with E-state index in [1.54, 1.807) is 14.0 Å². The highest BCUT2D eigenvalue weighted by molar-refractivity contribution is 6.03. The van der Waals surface area contributed by atoms with Crippen molar-refractivity contribution in [2.45, 2.75) is 52.6 Å². The van der Waals surface area contributed by atoms with Crippen molar-refractivity contribution in [2.75, 3.05) is 13.6 Å². The molecular formula is C18H25NO4. The smallest absolute Gasteiger partial charge is 0.289 e. The molecular weight excluding hydrogens is 294 g/mol. The number of aliphatic hydroxyl groups is 1. The van der Waals surface area contributed by atoms with Gasteiger partial charge in [0.05, 0.1) is 11.7 Å². The fourth-order valence-electron chi connectivity index (χ4n) is 3.45. The van der Waals surface area contributed by atoms with Gasteiger partial charge in [0.25, 0.3) is 5.91 Å². The molecule has 2 aliphatic rings. The van der Waals surface area contributed by atoms with Crippen molar-refractivity contribution in [3.05, 3.63) is 22.6 Å². The highest BCUT2D eigenvalue weighted by Gasteiger charge is 2.38. The van der Waals surface area contributed by atoms with Crippen LogP contribution in [-0.2, 0) is 6.42 Å². The number of hydrogen-bond acceptors (Lipinski definition) is 4. The van der Waals surface area contributed by atoms with E-state index < -0.39 is 6.10 Å². The van der Waals surface area contributed by atoms with Gasteiger partial charge in [-0.05, 0) is 31.1 Å². The Balaban J connectivity index is 1.83. The maximum absolute atomic E-state index is 12.6. The average Bonchev–Trinajstić information content (AvgIpc) is 3.22. The van der Waals surface area contributed by atoms with E-state index in [-0.39, 0.29) is 22.9 Å². The van der Waals surface area contributed by atoms with Gasteiger partial charge in [-0.1, -0.05) is 13.8 Å². The molecule has 2 aliphatic carbocycles. The molecule has 0 aliphatic heterocycles. The molecule has 0 bridgehead atoms. The maximum atomic E-state index is 12.6. The molecule has 1 atom stereocenters. The lowest BCUT2D eigenvalue weighted by atomic mass is 9.76. The predicted molar refractivity (Wildman–Crippen MR) is 85.6 cm³/mol. The van der Waals surface area contributed by atoms with Gasteiger partial charge >= 0.3 is 0 Å². The van der Waals surface area contributed by atoms with Gasteiger partial charge in [-0.3, -0.25) is 9.59 Å². The first-order chi connectivity index (χ1) is 10.7. The van der Waals surface area contributed by atoms with Crippen LogP contribution in [0.4, 0.5) is 0 Å². The third-order valence-corrected chi connectivity index (χ3v) is 4.94. The van der Waals surface area contributed by atoms with Crippen LogP contribution >= 0.6 is 0 Å². The van der Waals surface area contributed by atoms with E-state index in [0.29, 0.717) is 42.2 Å². The largest absolute Gasteiger partial charge is 0.455 e. The minimum atomic E-state index is -0.477. The summed E-state index contributed by atoms with van der Waals surface area (Å²) in [6.45, 7) is 6.14. The van der Waals surface area contributed by atoms with Crippen LogP contribution < -0.4 is 0 Å². The van der Waals surface area contributed by atoms with Crippen molar-refractivity contribution in [3.63, 3.8) is 0 Å². The molecule has 1 aromatic heterocycles. The molecule has 1 saturated carbocycles. The fourth-order valence-corrected chi connectivity index (χ4v) is 3.45. The van der Waals surface area contributed by atoms with Crippen molar-refractivity contribution in [1.82, 2.24) is 4.90 Å². The molecule has 0 saturated heterocycles. The Hall–Kier alpha value is -1.62. The Morgan fingerprint density at radius 2 is 2.04 bits per heavy atom. The zero-order chi connectivity index (χ0) is 16.9. The molecule has 1 unspecified atom stereocenters. The standard InChI is InChI=1S/C18H25NO4/c1-10-15-12(20)7-18(2,3)8-14(15)23-16(10)17(22)19(4)9-13(21)11-5-6-11/h11,13,21H,5-9H2,1-4H3. The summed E-state index contributed by atoms with van der Waals surface area (Å²) in [6, 6.07) is 0. The number of Topliss-reactive ketones (excluding diaryl/α,β-unsaturated/α-hetero) is 1. The summed E-state index contributed by atoms with van der Waals surface area (Å²) in [5.41, 5.74) is 1.09. The third-order valence-electron chi connectivity index (χ3n) is 4.94. The summed E-state index contributed by atoms with van der Waals surface area (Å²) in [4.78, 5) is 26.5. The second-order valence-corrected chi connectivity index (χ2v) is 7.89. The molecule has 1 aromatic rings. The number of amides is 1. The average molecular weight is 319 g/mol. The van der Waals surface area contributed by atoms with Crippen LogP contribution in [0.3, 0.4) is 0 Å². The van der Waals surface area contributed by atoms with Gasteiger partial charge in [-0.2, -0.15) is 0 Å². The normalized spacial score (nSPS) is 21.0. The minimum absolute atomic E-state index is 0.0530. The molecule has 0 radical (unpaired) electrons. The molecule has 1 amide bonds. The maximum Gasteiger partial charge on any atom is 0.289 e. The summed E-state index contributed by atoms with van der Waals surface area (Å²) in [6.07, 6.45) is 2.72. The number of carbonyl (C=O) groups excluding carboxylic acids is 2. The molecule has 126 valence electrons. The number of likely N-dealkylation sites (N-methyl/N-ethyl adjacent to an activating group) is 1. The quantitative estimate of drug-likeness (QED) is 0.926. The van der Waals surface area contributed by atoms with Crippen LogP contribution in [0.15, 0.2) is 4.42 Å². The molecule has 1 fully saturated rings. The van der Waals surface area contributed by atoms with Crippen molar-refractivity contribution >= 4 is 11.7 Å². The molecule has 5 heteroatoms. The van der Waals surface area contributed by atoms with Crippen LogP contribution in [0.5, 0.6) is 0 Å². The van der Waals surface area contributed by atoms with E-state index in [4.69, 9.17) is 4.42 Å². The highest BCUT2D eigenvalue weighted by atomic mass is 16.4. The van der Waals surface area contributed by atoms with Gasteiger partial charge in [-0.15, -0.1) is 0 Å². The van der Waals surface area contributed by atoms with Crippen molar-refractivity contribution in [1.29, 1.82) is 0 Å². The fraction of sp³-hybridized carbons (Fsp3) is 0.667. The second kappa shape index (κ2) is 5.48. The van der Waals surface area contributed by atoms with E-state index in [9.17, 15) is 14.7 Å². The molecule has 5 nitrogen and oxygen atoms in total. The first kappa shape index (κ1) is 16.2. The van der Waals surface area contributed by atoms with Gasteiger partial charge < -0.3 is 14.4 Å². The topological polar surface area (TPSA) is 70.8 Å². The number of fused-ring (bicyclic) bond motifs is 1. The second-order valence-electron chi connectivity index (χ2n) is 7.89. The van der Waals surface area contributed by atoms with Gasteiger partial charge in [-0.25, -0.2) is 0 Å². The SMILES string of the molecule is Cc1c(C(=O)N(C)CC(O)C2CC2)oc2c1C(=O)CC(C)(C)C2. The Morgan fingerprint density at radius 3 is 2.65 bits per heavy atom. The number of hydrogen-bond donors (Lipinski definition) is 1. The molecule has 1 N–H and O–H groups in total. The number of aliphatic hydroxyl groups excluding tert-OH is 1. The van der Waals surface area contributed by atoms with E-state index >= 15 is 0 Å². The summed E-state index contributed by atoms with van der Waals surface area (Å²) in [7, 11) is 1.67. The van der Waals surface area contributed by atoms with Crippen LogP contribution in [0.25, 0.3) is 0 Å². The Bertz CT molecular complexity index is 654. The summed E-state index contributed by atoms with van der Waals surface area (Å²) < 4.78 is 5.79. The molecule has 3 rings (SSSR count). The zero-order valence-electron chi connectivity index (χ0n) is 14.3. The first-order valence-electron chi connectivity index (χ1n) is 8.28. The van der Waals surface area contributed by atoms with E-state index in [0.717, 1.165) is 12.8 Å². The number of carbonyl (C=O) groups is 2. The Labute approximate surface area is 136 Å². The number of ketones is 1. The number of rotatable bonds is 4. The lowest BCUT2D eigenvalue weighted by molar-refractivity contribution is 0.0613. The molecule has 0 aromatic carbocycles. The summed E-state index contributed by atoms with van der Waals surface area (Å²) in [5.74, 6) is 0.979. The van der Waals surface area contributed by atoms with Gasteiger partial charge in [0.2, 0.25) is 0 Å². The van der Waals surface area contributed by atoms with E-state index in [1.165, 1.54) is 4.90 Å². The zero-order valence-corrected chi connectivity index (χ0v) is 14.3. The van der Waals surface area contributed by atoms with Crippen LogP contribution in [-0.4, -0.2) is 41.4 Å². The molecule has 0 spiro atoms. The third kappa shape index (κ3) is 3.07. The molecule has 1 heterocycles. The van der Waals surface area contributed by atoms with Gasteiger partial charge in [0, 0.05) is 32.0 Å². The Kier molecular flexibility index (Phi) is 3.87. The molecule has 23 heavy (non-hydrogen) atoms. The highest BCUT2D eigenvalue weighted by Crippen LogP contribution is 2.38. The minimum Gasteiger partial charge on any atom is -0.455 e. The van der Waals surface area contributed by atoms with Gasteiger partial charge in [0.1, 0.15) is 5.76 Å². The first-order valence-corrected chi connectivity index (χ1v) is 8.28. The van der Waals surface area contributed by atoms with Crippen LogP contribution in [0, 0.1) is 18.3 Å². The van der Waals surface area contributed by atoms with Crippen molar-refractivity contribution < 1.29 is 19.1 Å². The summed E-state index contributed by atoms with van der Waals surface area (Å²) >= 11 is 0. The van der Waals surface area contributed by atoms with E-state index in [1.807, 2.05) is 13.8 Å². The Morgan fingerprint density at radius 1 is 1.39 bits per heavy atom. The van der Waals surface area contributed by atoms with E-state index in [2.05, 4.69) is 0 Å². The monoisotopic (exact) mass is 319 g/mol. The summed E-state index contributed by atoms with van der Waals surface area (Å²) in [5, 5.41) is 10.0. The number of furan rings is 1. The van der Waals surface area contributed by atoms with Crippen LogP contribution in [0.2, 0.25) is 0 Å². The lowest BCUT2D eigenvalue weighted by Gasteiger charge is -2.27. The predicted octanol–water partition coefficient (Wildman–Crippen LogP) is 2.59. The van der Waals surface area contributed by atoms with Crippen molar-refractivity contribution in [2.24, 2.45) is 11.3 Å². The van der Waals surface area contributed by atoms with Gasteiger partial charge in [0.15, 0.2) is 11.5 Å².